The number of esters is 1. The maximum absolute atomic E-state index is 11.8. The van der Waals surface area contributed by atoms with Gasteiger partial charge in [-0.05, 0) is 35.4 Å². The molecule has 0 amide bonds. The average Bonchev–Trinajstić information content (AvgIpc) is 2.39. The van der Waals surface area contributed by atoms with Crippen LogP contribution in [0.25, 0.3) is 11.1 Å². The van der Waals surface area contributed by atoms with E-state index in [1.807, 2.05) is 24.3 Å². The van der Waals surface area contributed by atoms with E-state index in [-0.39, 0.29) is 5.97 Å². The molecule has 0 N–H and O–H groups in total. The number of benzene rings is 2. The topological polar surface area (TPSA) is 26.3 Å². The maximum Gasteiger partial charge on any atom is 0.338 e. The van der Waals surface area contributed by atoms with Crippen LogP contribution in [0.3, 0.4) is 0 Å². The number of hydrogen-bond acceptors (Lipinski definition) is 2. The Balaban J connectivity index is 2.56. The fraction of sp³-hybridized carbons (Fsp3) is 0.0714. The van der Waals surface area contributed by atoms with Gasteiger partial charge in [0.2, 0.25) is 0 Å². The number of carbonyl (C=O) groups excluding carboxylic acids is 1. The van der Waals surface area contributed by atoms with E-state index in [9.17, 15) is 4.79 Å². The molecule has 2 aromatic rings. The first-order valence-electron chi connectivity index (χ1n) is 5.25. The summed E-state index contributed by atoms with van der Waals surface area (Å²) >= 11 is 9.20. The Hall–Kier alpha value is -1.32. The molecular weight excluding hydrogens is 316 g/mol. The molecule has 0 saturated carbocycles. The highest BCUT2D eigenvalue weighted by Gasteiger charge is 2.13. The minimum Gasteiger partial charge on any atom is -0.465 e. The van der Waals surface area contributed by atoms with Gasteiger partial charge in [0.1, 0.15) is 0 Å². The molecule has 0 atom stereocenters. The molecule has 0 spiro atoms. The molecular formula is C14H10BrClO2. The minimum atomic E-state index is -0.360. The SMILES string of the molecule is COC(=O)c1cc(Br)ccc1-c1ccc(Cl)cc1. The van der Waals surface area contributed by atoms with Crippen molar-refractivity contribution < 1.29 is 9.53 Å². The molecule has 0 unspecified atom stereocenters. The van der Waals surface area contributed by atoms with Gasteiger partial charge in [-0.2, -0.15) is 0 Å². The van der Waals surface area contributed by atoms with Crippen molar-refractivity contribution in [1.29, 1.82) is 0 Å². The molecule has 2 nitrogen and oxygen atoms in total. The summed E-state index contributed by atoms with van der Waals surface area (Å²) in [6.07, 6.45) is 0. The molecule has 0 bridgehead atoms. The molecule has 0 aromatic heterocycles. The summed E-state index contributed by atoms with van der Waals surface area (Å²) in [6.45, 7) is 0. The lowest BCUT2D eigenvalue weighted by Gasteiger charge is -2.08. The van der Waals surface area contributed by atoms with E-state index >= 15 is 0 Å². The molecule has 2 rings (SSSR count). The van der Waals surface area contributed by atoms with Crippen molar-refractivity contribution in [2.24, 2.45) is 0 Å². The summed E-state index contributed by atoms with van der Waals surface area (Å²) in [6, 6.07) is 12.8. The van der Waals surface area contributed by atoms with Crippen LogP contribution in [0.15, 0.2) is 46.9 Å². The Morgan fingerprint density at radius 1 is 1.17 bits per heavy atom. The van der Waals surface area contributed by atoms with Gasteiger partial charge in [-0.25, -0.2) is 4.79 Å². The van der Waals surface area contributed by atoms with Gasteiger partial charge in [-0.3, -0.25) is 0 Å². The van der Waals surface area contributed by atoms with Crippen LogP contribution in [-0.2, 0) is 4.74 Å². The van der Waals surface area contributed by atoms with Gasteiger partial charge in [0, 0.05) is 9.50 Å². The third-order valence-corrected chi connectivity index (χ3v) is 3.29. The molecule has 4 heteroatoms. The van der Waals surface area contributed by atoms with Crippen LogP contribution in [0.5, 0.6) is 0 Å². The minimum absolute atomic E-state index is 0.360. The lowest BCUT2D eigenvalue weighted by molar-refractivity contribution is 0.0601. The predicted octanol–water partition coefficient (Wildman–Crippen LogP) is 4.56. The van der Waals surface area contributed by atoms with E-state index in [1.165, 1.54) is 7.11 Å². The third kappa shape index (κ3) is 2.74. The van der Waals surface area contributed by atoms with E-state index in [2.05, 4.69) is 15.9 Å². The first-order valence-corrected chi connectivity index (χ1v) is 6.42. The summed E-state index contributed by atoms with van der Waals surface area (Å²) in [7, 11) is 1.37. The Labute approximate surface area is 119 Å². The molecule has 0 aliphatic carbocycles. The van der Waals surface area contributed by atoms with Crippen molar-refractivity contribution in [1.82, 2.24) is 0 Å². The number of ether oxygens (including phenoxy) is 1. The first-order chi connectivity index (χ1) is 8.61. The largest absolute Gasteiger partial charge is 0.465 e. The van der Waals surface area contributed by atoms with Crippen molar-refractivity contribution >= 4 is 33.5 Å². The van der Waals surface area contributed by atoms with Crippen LogP contribution < -0.4 is 0 Å². The molecule has 92 valence electrons. The van der Waals surface area contributed by atoms with E-state index in [4.69, 9.17) is 16.3 Å². The molecule has 0 fully saturated rings. The number of rotatable bonds is 2. The van der Waals surface area contributed by atoms with Crippen LogP contribution in [0.4, 0.5) is 0 Å². The molecule has 0 radical (unpaired) electrons. The van der Waals surface area contributed by atoms with Gasteiger partial charge in [0.05, 0.1) is 12.7 Å². The number of halogens is 2. The molecule has 0 aliphatic heterocycles. The van der Waals surface area contributed by atoms with Crippen molar-refractivity contribution in [3.05, 3.63) is 57.5 Å². The monoisotopic (exact) mass is 324 g/mol. The average molecular weight is 326 g/mol. The van der Waals surface area contributed by atoms with E-state index < -0.39 is 0 Å². The first kappa shape index (κ1) is 13.1. The Bertz CT molecular complexity index is 579. The van der Waals surface area contributed by atoms with Crippen molar-refractivity contribution in [2.75, 3.05) is 7.11 Å². The Morgan fingerprint density at radius 2 is 1.83 bits per heavy atom. The van der Waals surface area contributed by atoms with Crippen LogP contribution in [0.1, 0.15) is 10.4 Å². The van der Waals surface area contributed by atoms with Crippen LogP contribution in [-0.4, -0.2) is 13.1 Å². The molecule has 2 aromatic carbocycles. The van der Waals surface area contributed by atoms with Gasteiger partial charge in [-0.15, -0.1) is 0 Å². The second-order valence-corrected chi connectivity index (χ2v) is 5.04. The summed E-state index contributed by atoms with van der Waals surface area (Å²) in [5.41, 5.74) is 2.27. The lowest BCUT2D eigenvalue weighted by atomic mass is 10.00. The molecule has 18 heavy (non-hydrogen) atoms. The normalized spacial score (nSPS) is 10.2. The fourth-order valence-electron chi connectivity index (χ4n) is 1.68. The number of methoxy groups -OCH3 is 1. The highest BCUT2D eigenvalue weighted by atomic mass is 79.9. The summed E-state index contributed by atoms with van der Waals surface area (Å²) in [5, 5.41) is 0.662. The van der Waals surface area contributed by atoms with Crippen molar-refractivity contribution in [3.63, 3.8) is 0 Å². The number of hydrogen-bond donors (Lipinski definition) is 0. The van der Waals surface area contributed by atoms with Crippen LogP contribution in [0, 0.1) is 0 Å². The van der Waals surface area contributed by atoms with Gasteiger partial charge >= 0.3 is 5.97 Å². The lowest BCUT2D eigenvalue weighted by Crippen LogP contribution is -2.03. The van der Waals surface area contributed by atoms with E-state index in [0.29, 0.717) is 10.6 Å². The standard InChI is InChI=1S/C14H10BrClO2/c1-18-14(17)13-8-10(15)4-7-12(13)9-2-5-11(16)6-3-9/h2-8H,1H3. The Kier molecular flexibility index (Phi) is 4.04. The zero-order valence-electron chi connectivity index (χ0n) is 9.61. The third-order valence-electron chi connectivity index (χ3n) is 2.54. The molecule has 0 saturated heterocycles. The smallest absolute Gasteiger partial charge is 0.338 e. The van der Waals surface area contributed by atoms with Crippen molar-refractivity contribution in [3.8, 4) is 11.1 Å². The second kappa shape index (κ2) is 5.55. The van der Waals surface area contributed by atoms with Gasteiger partial charge in [-0.1, -0.05) is 45.7 Å². The maximum atomic E-state index is 11.8. The Morgan fingerprint density at radius 3 is 2.44 bits per heavy atom. The molecule has 0 heterocycles. The van der Waals surface area contributed by atoms with Crippen LogP contribution >= 0.6 is 27.5 Å². The predicted molar refractivity (Wildman–Crippen MR) is 75.9 cm³/mol. The summed E-state index contributed by atoms with van der Waals surface area (Å²) < 4.78 is 5.63. The number of carbonyl (C=O) groups is 1. The highest BCUT2D eigenvalue weighted by Crippen LogP contribution is 2.28. The fourth-order valence-corrected chi connectivity index (χ4v) is 2.16. The summed E-state index contributed by atoms with van der Waals surface area (Å²) in [4.78, 5) is 11.8. The zero-order valence-corrected chi connectivity index (χ0v) is 12.0. The second-order valence-electron chi connectivity index (χ2n) is 3.69. The van der Waals surface area contributed by atoms with E-state index in [0.717, 1.165) is 15.6 Å². The zero-order chi connectivity index (χ0) is 13.1. The van der Waals surface area contributed by atoms with Gasteiger partial charge in [0.25, 0.3) is 0 Å². The van der Waals surface area contributed by atoms with Gasteiger partial charge in [0.15, 0.2) is 0 Å². The summed E-state index contributed by atoms with van der Waals surface area (Å²) in [5.74, 6) is -0.360. The van der Waals surface area contributed by atoms with Crippen LogP contribution in [0.2, 0.25) is 5.02 Å². The van der Waals surface area contributed by atoms with Crippen molar-refractivity contribution in [2.45, 2.75) is 0 Å². The van der Waals surface area contributed by atoms with Gasteiger partial charge < -0.3 is 4.74 Å². The highest BCUT2D eigenvalue weighted by molar-refractivity contribution is 9.10. The quantitative estimate of drug-likeness (QED) is 0.757. The van der Waals surface area contributed by atoms with E-state index in [1.54, 1.807) is 18.2 Å². The molecule has 0 aliphatic rings.